The topological polar surface area (TPSA) is 63.5 Å². The number of ketones is 1. The second-order valence-corrected chi connectivity index (χ2v) is 4.87. The lowest BCUT2D eigenvalue weighted by Crippen LogP contribution is -2.38. The average Bonchev–Trinajstić information content (AvgIpc) is 2.46. The number of rotatable bonds is 3. The van der Waals surface area contributed by atoms with Crippen LogP contribution in [0.25, 0.3) is 0 Å². The summed E-state index contributed by atoms with van der Waals surface area (Å²) in [4.78, 5) is 24.5. The molecule has 100 valence electrons. The smallest absolute Gasteiger partial charge is 0.269 e. The van der Waals surface area contributed by atoms with Crippen molar-refractivity contribution in [3.63, 3.8) is 0 Å². The molecule has 1 fully saturated rings. The number of nitrogens with zero attached hydrogens (tertiary/aromatic N) is 2. The number of Topliss-reactive ketones (excluding diaryl/α,β-unsaturated/α-hetero) is 1. The highest BCUT2D eigenvalue weighted by Gasteiger charge is 2.21. The Morgan fingerprint density at radius 3 is 2.26 bits per heavy atom. The van der Waals surface area contributed by atoms with Gasteiger partial charge in [0.25, 0.3) is 5.69 Å². The summed E-state index contributed by atoms with van der Waals surface area (Å²) in [6.07, 6.45) is 3.27. The maximum Gasteiger partial charge on any atom is 0.269 e. The highest BCUT2D eigenvalue weighted by atomic mass is 32.1. The summed E-state index contributed by atoms with van der Waals surface area (Å²) in [5.74, 6) is -0.230. The summed E-state index contributed by atoms with van der Waals surface area (Å²) < 4.78 is 0. The van der Waals surface area contributed by atoms with E-state index < -0.39 is 4.92 Å². The minimum absolute atomic E-state index is 0.0274. The number of piperidine rings is 1. The molecule has 0 unspecified atom stereocenters. The number of hydrogen-bond donors (Lipinski definition) is 0. The van der Waals surface area contributed by atoms with Crippen LogP contribution in [0, 0.1) is 10.1 Å². The van der Waals surface area contributed by atoms with E-state index in [-0.39, 0.29) is 11.5 Å². The first-order chi connectivity index (χ1) is 9.09. The fourth-order valence-corrected chi connectivity index (χ4v) is 2.40. The summed E-state index contributed by atoms with van der Waals surface area (Å²) in [6, 6.07) is 5.56. The van der Waals surface area contributed by atoms with Crippen LogP contribution in [-0.4, -0.2) is 33.7 Å². The number of carbonyl (C=O) groups excluding carboxylic acids is 1. The molecule has 0 saturated carbocycles. The Balaban J connectivity index is 2.10. The van der Waals surface area contributed by atoms with Crippen molar-refractivity contribution in [3.8, 4) is 0 Å². The molecule has 2 rings (SSSR count). The molecule has 1 aromatic rings. The molecule has 1 heterocycles. The third-order valence-electron chi connectivity index (χ3n) is 3.18. The van der Waals surface area contributed by atoms with Gasteiger partial charge in [-0.05, 0) is 31.4 Å². The van der Waals surface area contributed by atoms with Gasteiger partial charge in [-0.3, -0.25) is 14.9 Å². The molecule has 0 bridgehead atoms. The number of nitro groups is 1. The summed E-state index contributed by atoms with van der Waals surface area (Å²) in [7, 11) is 0. The van der Waals surface area contributed by atoms with Crippen LogP contribution < -0.4 is 0 Å². The zero-order chi connectivity index (χ0) is 13.8. The highest BCUT2D eigenvalue weighted by Crippen LogP contribution is 2.15. The molecular formula is C13H14N2O3S. The first kappa shape index (κ1) is 13.6. The van der Waals surface area contributed by atoms with E-state index in [4.69, 9.17) is 12.2 Å². The first-order valence-corrected chi connectivity index (χ1v) is 6.58. The molecule has 1 saturated heterocycles. The Hall–Kier alpha value is -1.82. The normalized spacial score (nSPS) is 15.1. The van der Waals surface area contributed by atoms with Crippen LogP contribution in [0.15, 0.2) is 24.3 Å². The summed E-state index contributed by atoms with van der Waals surface area (Å²) in [5.41, 5.74) is 0.376. The van der Waals surface area contributed by atoms with E-state index in [9.17, 15) is 14.9 Å². The molecule has 1 aliphatic rings. The van der Waals surface area contributed by atoms with Crippen molar-refractivity contribution in [1.29, 1.82) is 0 Å². The summed E-state index contributed by atoms with van der Waals surface area (Å²) in [5, 5.41) is 10.5. The lowest BCUT2D eigenvalue weighted by Gasteiger charge is -2.28. The molecule has 0 aromatic heterocycles. The van der Waals surface area contributed by atoms with Crippen LogP contribution in [0.1, 0.15) is 29.6 Å². The third-order valence-corrected chi connectivity index (χ3v) is 3.62. The molecule has 0 amide bonds. The number of thiocarbonyl (C=S) groups is 1. The van der Waals surface area contributed by atoms with Crippen molar-refractivity contribution in [1.82, 2.24) is 4.90 Å². The van der Waals surface area contributed by atoms with E-state index in [1.54, 1.807) is 0 Å². The number of carbonyl (C=O) groups is 1. The van der Waals surface area contributed by atoms with Gasteiger partial charge in [-0.1, -0.05) is 12.2 Å². The van der Waals surface area contributed by atoms with E-state index in [2.05, 4.69) is 0 Å². The molecule has 1 aliphatic heterocycles. The highest BCUT2D eigenvalue weighted by molar-refractivity contribution is 7.82. The molecule has 0 atom stereocenters. The van der Waals surface area contributed by atoms with Crippen LogP contribution >= 0.6 is 12.2 Å². The van der Waals surface area contributed by atoms with E-state index in [0.29, 0.717) is 10.6 Å². The van der Waals surface area contributed by atoms with Gasteiger partial charge in [-0.15, -0.1) is 0 Å². The van der Waals surface area contributed by atoms with Gasteiger partial charge in [-0.2, -0.15) is 0 Å². The third kappa shape index (κ3) is 3.14. The molecular weight excluding hydrogens is 264 g/mol. The number of benzene rings is 1. The SMILES string of the molecule is O=C(C(=S)N1CCCCC1)c1ccc([N+](=O)[O-])cc1. The van der Waals surface area contributed by atoms with Crippen LogP contribution in [0.4, 0.5) is 5.69 Å². The van der Waals surface area contributed by atoms with Crippen LogP contribution in [0.3, 0.4) is 0 Å². The average molecular weight is 278 g/mol. The van der Waals surface area contributed by atoms with Gasteiger partial charge < -0.3 is 4.90 Å². The van der Waals surface area contributed by atoms with Gasteiger partial charge in [0.2, 0.25) is 5.78 Å². The van der Waals surface area contributed by atoms with E-state index in [0.717, 1.165) is 25.9 Å². The zero-order valence-electron chi connectivity index (χ0n) is 10.4. The number of nitro benzene ring substituents is 1. The Bertz CT molecular complexity index is 507. The molecule has 1 aromatic carbocycles. The molecule has 0 aliphatic carbocycles. The quantitative estimate of drug-likeness (QED) is 0.368. The molecule has 5 nitrogen and oxygen atoms in total. The van der Waals surface area contributed by atoms with Crippen LogP contribution in [0.5, 0.6) is 0 Å². The lowest BCUT2D eigenvalue weighted by atomic mass is 10.1. The van der Waals surface area contributed by atoms with Crippen LogP contribution in [-0.2, 0) is 0 Å². The largest absolute Gasteiger partial charge is 0.360 e. The fraction of sp³-hybridized carbons (Fsp3) is 0.385. The molecule has 0 spiro atoms. The van der Waals surface area contributed by atoms with E-state index >= 15 is 0 Å². The van der Waals surface area contributed by atoms with Crippen molar-refractivity contribution >= 4 is 28.7 Å². The van der Waals surface area contributed by atoms with Gasteiger partial charge in [0.1, 0.15) is 0 Å². The standard InChI is InChI=1S/C13H14N2O3S/c16-12(13(19)14-8-2-1-3-9-14)10-4-6-11(7-5-10)15(17)18/h4-7H,1-3,8-9H2. The predicted octanol–water partition coefficient (Wildman–Crippen LogP) is 2.59. The van der Waals surface area contributed by atoms with Crippen molar-refractivity contribution in [2.45, 2.75) is 19.3 Å². The number of hydrogen-bond acceptors (Lipinski definition) is 4. The van der Waals surface area contributed by atoms with Gasteiger partial charge in [0.05, 0.1) is 4.92 Å². The molecule has 0 N–H and O–H groups in total. The monoisotopic (exact) mass is 278 g/mol. The number of likely N-dealkylation sites (tertiary alicyclic amines) is 1. The van der Waals surface area contributed by atoms with E-state index in [1.165, 1.54) is 30.7 Å². The van der Waals surface area contributed by atoms with Crippen molar-refractivity contribution in [2.75, 3.05) is 13.1 Å². The van der Waals surface area contributed by atoms with Crippen molar-refractivity contribution in [3.05, 3.63) is 39.9 Å². The van der Waals surface area contributed by atoms with Gasteiger partial charge >= 0.3 is 0 Å². The second-order valence-electron chi connectivity index (χ2n) is 4.49. The Labute approximate surface area is 116 Å². The second kappa shape index (κ2) is 5.88. The number of non-ortho nitro benzene ring substituents is 1. The minimum atomic E-state index is -0.489. The maximum atomic E-state index is 12.2. The van der Waals surface area contributed by atoms with Gasteiger partial charge in [0, 0.05) is 30.8 Å². The van der Waals surface area contributed by atoms with Gasteiger partial charge in [-0.25, -0.2) is 0 Å². The molecule has 19 heavy (non-hydrogen) atoms. The predicted molar refractivity (Wildman–Crippen MR) is 75.4 cm³/mol. The van der Waals surface area contributed by atoms with E-state index in [1.807, 2.05) is 4.90 Å². The first-order valence-electron chi connectivity index (χ1n) is 6.17. The Morgan fingerprint density at radius 2 is 1.74 bits per heavy atom. The minimum Gasteiger partial charge on any atom is -0.360 e. The van der Waals surface area contributed by atoms with Crippen molar-refractivity contribution in [2.24, 2.45) is 0 Å². The Kier molecular flexibility index (Phi) is 4.21. The van der Waals surface area contributed by atoms with Gasteiger partial charge in [0.15, 0.2) is 4.99 Å². The summed E-state index contributed by atoms with van der Waals surface area (Å²) in [6.45, 7) is 1.63. The maximum absolute atomic E-state index is 12.2. The van der Waals surface area contributed by atoms with Crippen LogP contribution in [0.2, 0.25) is 0 Å². The lowest BCUT2D eigenvalue weighted by molar-refractivity contribution is -0.384. The molecule has 0 radical (unpaired) electrons. The zero-order valence-corrected chi connectivity index (χ0v) is 11.2. The summed E-state index contributed by atoms with van der Waals surface area (Å²) >= 11 is 5.21. The molecule has 6 heteroatoms. The van der Waals surface area contributed by atoms with Crippen molar-refractivity contribution < 1.29 is 9.72 Å². The Morgan fingerprint density at radius 1 is 1.16 bits per heavy atom. The fourth-order valence-electron chi connectivity index (χ4n) is 2.10.